The molecule has 0 aliphatic heterocycles. The predicted octanol–water partition coefficient (Wildman–Crippen LogP) is 1.75. The van der Waals surface area contributed by atoms with Crippen molar-refractivity contribution in [1.82, 2.24) is 15.2 Å². The van der Waals surface area contributed by atoms with Crippen LogP contribution in [0, 0.1) is 0 Å². The molecular formula is C10H8ClN3O2. The largest absolute Gasteiger partial charge is 0.478 e. The molecule has 0 bridgehead atoms. The van der Waals surface area contributed by atoms with Crippen molar-refractivity contribution in [2.45, 2.75) is 6.42 Å². The van der Waals surface area contributed by atoms with Gasteiger partial charge in [0, 0.05) is 18.8 Å². The Morgan fingerprint density at radius 1 is 1.44 bits per heavy atom. The van der Waals surface area contributed by atoms with Crippen LogP contribution in [0.25, 0.3) is 0 Å². The van der Waals surface area contributed by atoms with E-state index in [0.717, 1.165) is 5.56 Å². The van der Waals surface area contributed by atoms with E-state index in [0.29, 0.717) is 12.1 Å². The van der Waals surface area contributed by atoms with Gasteiger partial charge in [0.25, 0.3) is 0 Å². The molecular weight excluding hydrogens is 230 g/mol. The molecule has 0 spiro atoms. The summed E-state index contributed by atoms with van der Waals surface area (Å²) in [6.45, 7) is 0. The Hall–Kier alpha value is -1.88. The van der Waals surface area contributed by atoms with Gasteiger partial charge < -0.3 is 5.11 Å². The van der Waals surface area contributed by atoms with E-state index in [2.05, 4.69) is 15.2 Å². The van der Waals surface area contributed by atoms with Crippen molar-refractivity contribution in [3.05, 3.63) is 46.5 Å². The molecule has 0 radical (unpaired) electrons. The summed E-state index contributed by atoms with van der Waals surface area (Å²) in [4.78, 5) is 14.8. The lowest BCUT2D eigenvalue weighted by Crippen LogP contribution is -2.01. The van der Waals surface area contributed by atoms with Crippen LogP contribution in [0.5, 0.6) is 0 Å². The third-order valence-corrected chi connectivity index (χ3v) is 2.41. The summed E-state index contributed by atoms with van der Waals surface area (Å²) < 4.78 is 0. The van der Waals surface area contributed by atoms with Gasteiger partial charge >= 0.3 is 5.97 Å². The molecule has 0 aliphatic carbocycles. The average Bonchev–Trinajstić information content (AvgIpc) is 2.61. The summed E-state index contributed by atoms with van der Waals surface area (Å²) in [5.74, 6) is -1.08. The summed E-state index contributed by atoms with van der Waals surface area (Å²) in [7, 11) is 0. The lowest BCUT2D eigenvalue weighted by atomic mass is 10.1. The lowest BCUT2D eigenvalue weighted by Gasteiger charge is -1.99. The van der Waals surface area contributed by atoms with E-state index >= 15 is 0 Å². The van der Waals surface area contributed by atoms with Crippen LogP contribution in [0.1, 0.15) is 21.6 Å². The number of H-pyrrole nitrogens is 1. The average molecular weight is 238 g/mol. The third kappa shape index (κ3) is 2.04. The highest BCUT2D eigenvalue weighted by Gasteiger charge is 2.18. The number of nitrogens with zero attached hydrogens (tertiary/aromatic N) is 2. The molecule has 0 unspecified atom stereocenters. The van der Waals surface area contributed by atoms with E-state index in [-0.39, 0.29) is 10.7 Å². The van der Waals surface area contributed by atoms with Gasteiger partial charge in [0.2, 0.25) is 0 Å². The molecule has 0 saturated carbocycles. The van der Waals surface area contributed by atoms with Crippen LogP contribution in [-0.4, -0.2) is 26.3 Å². The normalized spacial score (nSPS) is 10.3. The minimum Gasteiger partial charge on any atom is -0.478 e. The van der Waals surface area contributed by atoms with Gasteiger partial charge in [0.15, 0.2) is 5.15 Å². The summed E-state index contributed by atoms with van der Waals surface area (Å²) in [5, 5.41) is 15.2. The fourth-order valence-electron chi connectivity index (χ4n) is 1.40. The molecule has 6 heteroatoms. The molecule has 2 aromatic rings. The summed E-state index contributed by atoms with van der Waals surface area (Å²) >= 11 is 5.67. The number of pyridine rings is 1. The van der Waals surface area contributed by atoms with Crippen LogP contribution < -0.4 is 0 Å². The number of rotatable bonds is 3. The number of carbonyl (C=O) groups is 1. The third-order valence-electron chi connectivity index (χ3n) is 2.14. The van der Waals surface area contributed by atoms with Crippen molar-refractivity contribution in [2.75, 3.05) is 0 Å². The van der Waals surface area contributed by atoms with Gasteiger partial charge in [-0.15, -0.1) is 0 Å². The SMILES string of the molecule is O=C(O)c1c(Cl)n[nH]c1Cc1ccncc1. The maximum atomic E-state index is 10.9. The first-order valence-electron chi connectivity index (χ1n) is 4.53. The molecule has 2 heterocycles. The van der Waals surface area contributed by atoms with Crippen molar-refractivity contribution in [3.63, 3.8) is 0 Å². The topological polar surface area (TPSA) is 78.9 Å². The Bertz CT molecular complexity index is 510. The first-order chi connectivity index (χ1) is 7.68. The number of aromatic nitrogens is 3. The van der Waals surface area contributed by atoms with Crippen molar-refractivity contribution in [1.29, 1.82) is 0 Å². The van der Waals surface area contributed by atoms with Gasteiger partial charge in [0.05, 0.1) is 5.69 Å². The molecule has 2 rings (SSSR count). The zero-order valence-electron chi connectivity index (χ0n) is 8.14. The molecule has 0 atom stereocenters. The van der Waals surface area contributed by atoms with Gasteiger partial charge in [-0.2, -0.15) is 5.10 Å². The molecule has 5 nitrogen and oxygen atoms in total. The molecule has 2 N–H and O–H groups in total. The van der Waals surface area contributed by atoms with E-state index in [9.17, 15) is 4.79 Å². The highest BCUT2D eigenvalue weighted by molar-refractivity contribution is 6.32. The number of nitrogens with one attached hydrogen (secondary N) is 1. The van der Waals surface area contributed by atoms with Crippen LogP contribution >= 0.6 is 11.6 Å². The van der Waals surface area contributed by atoms with E-state index in [1.807, 2.05) is 0 Å². The second-order valence-corrected chi connectivity index (χ2v) is 3.56. The minimum atomic E-state index is -1.08. The first-order valence-corrected chi connectivity index (χ1v) is 4.91. The molecule has 0 fully saturated rings. The lowest BCUT2D eigenvalue weighted by molar-refractivity contribution is 0.0696. The second-order valence-electron chi connectivity index (χ2n) is 3.21. The summed E-state index contributed by atoms with van der Waals surface area (Å²) in [6.07, 6.45) is 3.73. The minimum absolute atomic E-state index is 0.0171. The Kier molecular flexibility index (Phi) is 2.87. The fourth-order valence-corrected chi connectivity index (χ4v) is 1.64. The standard InChI is InChI=1S/C10H8ClN3O2/c11-9-8(10(15)16)7(13-14-9)5-6-1-3-12-4-2-6/h1-4H,5H2,(H,13,14)(H,15,16). The van der Waals surface area contributed by atoms with Gasteiger partial charge in [0.1, 0.15) is 5.56 Å². The Labute approximate surface area is 96.1 Å². The predicted molar refractivity (Wildman–Crippen MR) is 57.6 cm³/mol. The van der Waals surface area contributed by atoms with Crippen molar-refractivity contribution >= 4 is 17.6 Å². The number of aromatic amines is 1. The quantitative estimate of drug-likeness (QED) is 0.852. The number of hydrogen-bond acceptors (Lipinski definition) is 3. The number of hydrogen-bond donors (Lipinski definition) is 2. The summed E-state index contributed by atoms with van der Waals surface area (Å²) in [5.41, 5.74) is 1.46. The van der Waals surface area contributed by atoms with E-state index in [1.54, 1.807) is 24.5 Å². The van der Waals surface area contributed by atoms with Crippen molar-refractivity contribution in [2.24, 2.45) is 0 Å². The number of carboxylic acids is 1. The molecule has 0 aliphatic rings. The van der Waals surface area contributed by atoms with Crippen molar-refractivity contribution in [3.8, 4) is 0 Å². The van der Waals surface area contributed by atoms with Gasteiger partial charge in [-0.25, -0.2) is 4.79 Å². The van der Waals surface area contributed by atoms with Crippen LogP contribution in [0.3, 0.4) is 0 Å². The zero-order chi connectivity index (χ0) is 11.5. The second kappa shape index (κ2) is 4.32. The number of carboxylic acid groups (broad SMARTS) is 1. The highest BCUT2D eigenvalue weighted by Crippen LogP contribution is 2.19. The maximum Gasteiger partial charge on any atom is 0.340 e. The Morgan fingerprint density at radius 3 is 2.75 bits per heavy atom. The summed E-state index contributed by atoms with van der Waals surface area (Å²) in [6, 6.07) is 3.61. The smallest absolute Gasteiger partial charge is 0.340 e. The molecule has 0 saturated heterocycles. The van der Waals surface area contributed by atoms with Crippen LogP contribution in [0.15, 0.2) is 24.5 Å². The number of aromatic carboxylic acids is 1. The Morgan fingerprint density at radius 2 is 2.12 bits per heavy atom. The molecule has 0 aromatic carbocycles. The van der Waals surface area contributed by atoms with E-state index in [1.165, 1.54) is 0 Å². The first kappa shape index (κ1) is 10.6. The number of halogens is 1. The van der Waals surface area contributed by atoms with E-state index in [4.69, 9.17) is 16.7 Å². The maximum absolute atomic E-state index is 10.9. The van der Waals surface area contributed by atoms with Gasteiger partial charge in [-0.05, 0) is 17.7 Å². The van der Waals surface area contributed by atoms with E-state index < -0.39 is 5.97 Å². The molecule has 16 heavy (non-hydrogen) atoms. The molecule has 2 aromatic heterocycles. The fraction of sp³-hybridized carbons (Fsp3) is 0.100. The highest BCUT2D eigenvalue weighted by atomic mass is 35.5. The van der Waals surface area contributed by atoms with Gasteiger partial charge in [-0.3, -0.25) is 10.1 Å². The monoisotopic (exact) mass is 237 g/mol. The van der Waals surface area contributed by atoms with Crippen LogP contribution in [-0.2, 0) is 6.42 Å². The zero-order valence-corrected chi connectivity index (χ0v) is 8.90. The Balaban J connectivity index is 2.32. The van der Waals surface area contributed by atoms with Gasteiger partial charge in [-0.1, -0.05) is 11.6 Å². The van der Waals surface area contributed by atoms with Crippen LogP contribution in [0.2, 0.25) is 5.15 Å². The van der Waals surface area contributed by atoms with Crippen LogP contribution in [0.4, 0.5) is 0 Å². The van der Waals surface area contributed by atoms with Crippen molar-refractivity contribution < 1.29 is 9.90 Å². The molecule has 0 amide bonds. The molecule has 82 valence electrons.